The summed E-state index contributed by atoms with van der Waals surface area (Å²) in [5, 5.41) is 0.586. The molecule has 0 bridgehead atoms. The van der Waals surface area contributed by atoms with Crippen molar-refractivity contribution in [2.45, 2.75) is 16.4 Å². The van der Waals surface area contributed by atoms with Crippen molar-refractivity contribution in [2.75, 3.05) is 4.72 Å². The Labute approximate surface area is 163 Å². The van der Waals surface area contributed by atoms with Crippen molar-refractivity contribution in [1.29, 1.82) is 0 Å². The summed E-state index contributed by atoms with van der Waals surface area (Å²) in [6.45, 7) is 0. The van der Waals surface area contributed by atoms with Gasteiger partial charge in [0, 0.05) is 21.4 Å². The lowest BCUT2D eigenvalue weighted by molar-refractivity contribution is 0.600. The van der Waals surface area contributed by atoms with E-state index in [1.165, 1.54) is 4.90 Å². The lowest BCUT2D eigenvalue weighted by Gasteiger charge is -2.09. The Morgan fingerprint density at radius 2 is 1.42 bits per heavy atom. The van der Waals surface area contributed by atoms with E-state index in [-0.39, 0.29) is 5.75 Å². The second-order valence-corrected chi connectivity index (χ2v) is 8.99. The standard InChI is InChI=1S/C20H18ClNO2S2/c21-18-10-6-17(7-11-18)15-26(23,24)22-19-12-8-16(9-13-19)14-25-20-4-2-1-3-5-20/h1-13,22H,14-15H2. The first-order chi connectivity index (χ1) is 12.5. The predicted octanol–water partition coefficient (Wildman–Crippen LogP) is 5.57. The SMILES string of the molecule is O=S(=O)(Cc1ccc(Cl)cc1)Nc1ccc(CSc2ccccc2)cc1. The van der Waals surface area contributed by atoms with Crippen LogP contribution in [0.4, 0.5) is 5.69 Å². The van der Waals surface area contributed by atoms with Crippen LogP contribution in [0.2, 0.25) is 5.02 Å². The molecule has 0 saturated carbocycles. The smallest absolute Gasteiger partial charge is 0.236 e. The van der Waals surface area contributed by atoms with E-state index in [2.05, 4.69) is 16.9 Å². The summed E-state index contributed by atoms with van der Waals surface area (Å²) in [4.78, 5) is 1.21. The van der Waals surface area contributed by atoms with Gasteiger partial charge in [0.15, 0.2) is 0 Å². The molecular weight excluding hydrogens is 386 g/mol. The van der Waals surface area contributed by atoms with Crippen LogP contribution in [-0.4, -0.2) is 8.42 Å². The minimum Gasteiger partial charge on any atom is -0.283 e. The highest BCUT2D eigenvalue weighted by Gasteiger charge is 2.11. The number of halogens is 1. The van der Waals surface area contributed by atoms with E-state index in [4.69, 9.17) is 11.6 Å². The van der Waals surface area contributed by atoms with Gasteiger partial charge in [0.2, 0.25) is 10.0 Å². The normalized spacial score (nSPS) is 11.3. The molecule has 0 saturated heterocycles. The Hall–Kier alpha value is -1.95. The van der Waals surface area contributed by atoms with Gasteiger partial charge in [0.05, 0.1) is 5.75 Å². The van der Waals surface area contributed by atoms with Crippen LogP contribution in [0.5, 0.6) is 0 Å². The van der Waals surface area contributed by atoms with Gasteiger partial charge >= 0.3 is 0 Å². The zero-order chi connectivity index (χ0) is 18.4. The molecule has 0 aromatic heterocycles. The number of thioether (sulfide) groups is 1. The van der Waals surface area contributed by atoms with Crippen LogP contribution in [0.1, 0.15) is 11.1 Å². The monoisotopic (exact) mass is 403 g/mol. The van der Waals surface area contributed by atoms with Gasteiger partial charge in [-0.1, -0.05) is 54.1 Å². The largest absolute Gasteiger partial charge is 0.283 e. The van der Waals surface area contributed by atoms with E-state index in [0.29, 0.717) is 16.3 Å². The van der Waals surface area contributed by atoms with Crippen LogP contribution in [0.3, 0.4) is 0 Å². The summed E-state index contributed by atoms with van der Waals surface area (Å²) in [6.07, 6.45) is 0. The van der Waals surface area contributed by atoms with Crippen LogP contribution < -0.4 is 4.72 Å². The average molecular weight is 404 g/mol. The predicted molar refractivity (Wildman–Crippen MR) is 110 cm³/mol. The Balaban J connectivity index is 1.58. The lowest BCUT2D eigenvalue weighted by atomic mass is 10.2. The topological polar surface area (TPSA) is 46.2 Å². The van der Waals surface area contributed by atoms with Gasteiger partial charge in [0.25, 0.3) is 0 Å². The number of rotatable bonds is 7. The second-order valence-electron chi connectivity index (χ2n) is 5.79. The van der Waals surface area contributed by atoms with Crippen molar-refractivity contribution in [2.24, 2.45) is 0 Å². The molecule has 6 heteroatoms. The first-order valence-corrected chi connectivity index (χ1v) is 11.0. The van der Waals surface area contributed by atoms with Gasteiger partial charge in [-0.25, -0.2) is 8.42 Å². The van der Waals surface area contributed by atoms with Gasteiger partial charge in [-0.3, -0.25) is 4.72 Å². The maximum atomic E-state index is 12.3. The third-order valence-electron chi connectivity index (χ3n) is 3.65. The zero-order valence-electron chi connectivity index (χ0n) is 13.9. The molecule has 0 radical (unpaired) electrons. The molecule has 1 N–H and O–H groups in total. The van der Waals surface area contributed by atoms with E-state index in [9.17, 15) is 8.42 Å². The Morgan fingerprint density at radius 3 is 2.08 bits per heavy atom. The number of hydrogen-bond donors (Lipinski definition) is 1. The van der Waals surface area contributed by atoms with Crippen molar-refractivity contribution in [3.05, 3.63) is 95.0 Å². The maximum Gasteiger partial charge on any atom is 0.236 e. The average Bonchev–Trinajstić information content (AvgIpc) is 2.63. The van der Waals surface area contributed by atoms with Gasteiger partial charge in [-0.05, 0) is 47.5 Å². The number of sulfonamides is 1. The molecule has 0 unspecified atom stereocenters. The van der Waals surface area contributed by atoms with Gasteiger partial charge in [-0.15, -0.1) is 11.8 Å². The highest BCUT2D eigenvalue weighted by Crippen LogP contribution is 2.23. The van der Waals surface area contributed by atoms with Crippen molar-refractivity contribution in [1.82, 2.24) is 0 Å². The zero-order valence-corrected chi connectivity index (χ0v) is 16.3. The minimum atomic E-state index is -3.47. The molecule has 0 aliphatic heterocycles. The summed E-state index contributed by atoms with van der Waals surface area (Å²) in [5.74, 6) is 0.748. The van der Waals surface area contributed by atoms with Gasteiger partial charge < -0.3 is 0 Å². The van der Waals surface area contributed by atoms with Crippen molar-refractivity contribution >= 4 is 39.1 Å². The fourth-order valence-electron chi connectivity index (χ4n) is 2.37. The van der Waals surface area contributed by atoms with Crippen LogP contribution in [-0.2, 0) is 21.5 Å². The molecule has 3 aromatic carbocycles. The molecule has 0 aliphatic carbocycles. The van der Waals surface area contributed by atoms with Gasteiger partial charge in [-0.2, -0.15) is 0 Å². The number of hydrogen-bond acceptors (Lipinski definition) is 3. The second kappa shape index (κ2) is 8.62. The van der Waals surface area contributed by atoms with Crippen molar-refractivity contribution in [3.63, 3.8) is 0 Å². The summed E-state index contributed by atoms with van der Waals surface area (Å²) < 4.78 is 27.2. The number of benzene rings is 3. The quantitative estimate of drug-likeness (QED) is 0.524. The molecule has 0 spiro atoms. The fourth-order valence-corrected chi connectivity index (χ4v) is 4.57. The molecule has 0 fully saturated rings. The molecular formula is C20H18ClNO2S2. The van der Waals surface area contributed by atoms with E-state index in [1.807, 2.05) is 30.3 Å². The summed E-state index contributed by atoms with van der Waals surface area (Å²) in [5.41, 5.74) is 2.39. The minimum absolute atomic E-state index is 0.0875. The maximum absolute atomic E-state index is 12.3. The van der Waals surface area contributed by atoms with E-state index < -0.39 is 10.0 Å². The van der Waals surface area contributed by atoms with Crippen molar-refractivity contribution in [3.8, 4) is 0 Å². The Morgan fingerprint density at radius 1 is 0.808 bits per heavy atom. The fraction of sp³-hybridized carbons (Fsp3) is 0.100. The first-order valence-electron chi connectivity index (χ1n) is 8.02. The highest BCUT2D eigenvalue weighted by molar-refractivity contribution is 7.98. The molecule has 0 heterocycles. The number of nitrogens with one attached hydrogen (secondary N) is 1. The van der Waals surface area contributed by atoms with E-state index in [0.717, 1.165) is 11.3 Å². The van der Waals surface area contributed by atoms with Gasteiger partial charge in [0.1, 0.15) is 0 Å². The molecule has 0 amide bonds. The molecule has 3 aromatic rings. The Bertz CT molecular complexity index is 941. The van der Waals surface area contributed by atoms with Crippen molar-refractivity contribution < 1.29 is 8.42 Å². The van der Waals surface area contributed by atoms with Crippen LogP contribution in [0.15, 0.2) is 83.8 Å². The molecule has 0 aliphatic rings. The summed E-state index contributed by atoms with van der Waals surface area (Å²) in [6, 6.07) is 24.4. The van der Waals surface area contributed by atoms with E-state index in [1.54, 1.807) is 48.2 Å². The molecule has 134 valence electrons. The van der Waals surface area contributed by atoms with Crippen LogP contribution >= 0.6 is 23.4 Å². The summed E-state index contributed by atoms with van der Waals surface area (Å²) in [7, 11) is -3.47. The summed E-state index contributed by atoms with van der Waals surface area (Å²) >= 11 is 7.57. The first kappa shape index (κ1) is 18.8. The highest BCUT2D eigenvalue weighted by atomic mass is 35.5. The number of anilines is 1. The van der Waals surface area contributed by atoms with Crippen LogP contribution in [0.25, 0.3) is 0 Å². The lowest BCUT2D eigenvalue weighted by Crippen LogP contribution is -2.15. The van der Waals surface area contributed by atoms with E-state index >= 15 is 0 Å². The molecule has 0 atom stereocenters. The van der Waals surface area contributed by atoms with Crippen LogP contribution in [0, 0.1) is 0 Å². The molecule has 3 nitrogen and oxygen atoms in total. The Kier molecular flexibility index (Phi) is 6.25. The molecule has 26 heavy (non-hydrogen) atoms. The third-order valence-corrected chi connectivity index (χ3v) is 6.24. The third kappa shape index (κ3) is 5.80. The molecule has 3 rings (SSSR count).